The lowest BCUT2D eigenvalue weighted by atomic mass is 10.1. The predicted molar refractivity (Wildman–Crippen MR) is 99.3 cm³/mol. The lowest BCUT2D eigenvalue weighted by Crippen LogP contribution is -2.27. The Morgan fingerprint density at radius 2 is 2.04 bits per heavy atom. The second-order valence-electron chi connectivity index (χ2n) is 6.08. The Balaban J connectivity index is 1.59. The van der Waals surface area contributed by atoms with Crippen LogP contribution >= 0.6 is 11.3 Å². The van der Waals surface area contributed by atoms with Crippen molar-refractivity contribution < 1.29 is 4.79 Å². The van der Waals surface area contributed by atoms with E-state index in [1.807, 2.05) is 42.5 Å². The Hall–Kier alpha value is -2.24. The van der Waals surface area contributed by atoms with Gasteiger partial charge in [0.2, 0.25) is 5.91 Å². The van der Waals surface area contributed by atoms with E-state index in [-0.39, 0.29) is 5.91 Å². The zero-order valence-corrected chi connectivity index (χ0v) is 14.1. The molecule has 0 saturated carbocycles. The van der Waals surface area contributed by atoms with Gasteiger partial charge in [0, 0.05) is 18.0 Å². The molecule has 2 aromatic carbocycles. The molecule has 1 atom stereocenters. The highest BCUT2D eigenvalue weighted by atomic mass is 32.1. The second-order valence-corrected chi connectivity index (χ2v) is 7.11. The van der Waals surface area contributed by atoms with E-state index in [0.717, 1.165) is 45.9 Å². The quantitative estimate of drug-likeness (QED) is 0.755. The molecule has 1 aliphatic heterocycles. The maximum atomic E-state index is 12.4. The normalized spacial score (nSPS) is 17.2. The number of nitrogens with zero attached hydrogens (tertiary/aromatic N) is 1. The van der Waals surface area contributed by atoms with E-state index in [1.165, 1.54) is 0 Å². The van der Waals surface area contributed by atoms with E-state index in [1.54, 1.807) is 11.3 Å². The number of hydrogen-bond acceptors (Lipinski definition) is 4. The fraction of sp³-hybridized carbons (Fsp3) is 0.263. The third kappa shape index (κ3) is 3.18. The number of carbonyl (C=O) groups is 1. The minimum atomic E-state index is 0.0583. The van der Waals surface area contributed by atoms with Gasteiger partial charge in [-0.3, -0.25) is 4.79 Å². The van der Waals surface area contributed by atoms with E-state index in [4.69, 9.17) is 4.98 Å². The molecule has 4 rings (SSSR count). The average molecular weight is 337 g/mol. The van der Waals surface area contributed by atoms with Crippen molar-refractivity contribution in [1.29, 1.82) is 0 Å². The molecule has 0 aliphatic carbocycles. The molecule has 122 valence electrons. The molecular weight excluding hydrogens is 318 g/mol. The molecule has 0 radical (unpaired) electrons. The minimum absolute atomic E-state index is 0.0583. The maximum Gasteiger partial charge on any atom is 0.225 e. The summed E-state index contributed by atoms with van der Waals surface area (Å²) in [5.41, 5.74) is 2.81. The van der Waals surface area contributed by atoms with Crippen LogP contribution in [0.3, 0.4) is 0 Å². The number of carbonyl (C=O) groups excluding carboxylic acids is 1. The van der Waals surface area contributed by atoms with Crippen LogP contribution in [0, 0.1) is 0 Å². The van der Waals surface area contributed by atoms with Crippen molar-refractivity contribution in [3.63, 3.8) is 0 Å². The average Bonchev–Trinajstić information content (AvgIpc) is 3.24. The summed E-state index contributed by atoms with van der Waals surface area (Å²) < 4.78 is 1.16. The van der Waals surface area contributed by atoms with Crippen LogP contribution in [0.5, 0.6) is 0 Å². The summed E-state index contributed by atoms with van der Waals surface area (Å²) in [5.74, 6) is 0.0583. The molecular formula is C19H19N3OS. The first-order valence-electron chi connectivity index (χ1n) is 8.28. The van der Waals surface area contributed by atoms with Crippen LogP contribution in [0.25, 0.3) is 20.8 Å². The fourth-order valence-electron chi connectivity index (χ4n) is 3.12. The number of amides is 1. The Morgan fingerprint density at radius 1 is 1.21 bits per heavy atom. The van der Waals surface area contributed by atoms with Gasteiger partial charge in [-0.25, -0.2) is 4.98 Å². The molecule has 2 N–H and O–H groups in total. The third-order valence-corrected chi connectivity index (χ3v) is 5.39. The molecule has 5 heteroatoms. The van der Waals surface area contributed by atoms with Gasteiger partial charge >= 0.3 is 0 Å². The summed E-state index contributed by atoms with van der Waals surface area (Å²) in [4.78, 5) is 17.1. The SMILES string of the molecule is O=C(CC1CCCN1)Nc1ccccc1-c1nc2ccccc2s1. The van der Waals surface area contributed by atoms with E-state index in [0.29, 0.717) is 12.5 Å². The molecule has 1 unspecified atom stereocenters. The summed E-state index contributed by atoms with van der Waals surface area (Å²) in [7, 11) is 0. The highest BCUT2D eigenvalue weighted by Crippen LogP contribution is 2.34. The lowest BCUT2D eigenvalue weighted by Gasteiger charge is -2.12. The second kappa shape index (κ2) is 6.71. The molecule has 0 spiro atoms. The van der Waals surface area contributed by atoms with Crippen molar-refractivity contribution >= 4 is 33.1 Å². The van der Waals surface area contributed by atoms with E-state index < -0.39 is 0 Å². The van der Waals surface area contributed by atoms with E-state index in [9.17, 15) is 4.79 Å². The van der Waals surface area contributed by atoms with Gasteiger partial charge in [0.15, 0.2) is 0 Å². The van der Waals surface area contributed by atoms with Gasteiger partial charge < -0.3 is 10.6 Å². The number of aromatic nitrogens is 1. The zero-order valence-electron chi connectivity index (χ0n) is 13.3. The molecule has 1 amide bonds. The highest BCUT2D eigenvalue weighted by molar-refractivity contribution is 7.21. The minimum Gasteiger partial charge on any atom is -0.325 e. The number of nitrogens with one attached hydrogen (secondary N) is 2. The molecule has 1 aromatic heterocycles. The van der Waals surface area contributed by atoms with Gasteiger partial charge in [0.1, 0.15) is 5.01 Å². The van der Waals surface area contributed by atoms with Crippen LogP contribution in [0.2, 0.25) is 0 Å². The molecule has 1 fully saturated rings. The van der Waals surface area contributed by atoms with Gasteiger partial charge in [-0.05, 0) is 43.7 Å². The van der Waals surface area contributed by atoms with Crippen molar-refractivity contribution in [2.75, 3.05) is 11.9 Å². The van der Waals surface area contributed by atoms with Crippen LogP contribution in [0.4, 0.5) is 5.69 Å². The van der Waals surface area contributed by atoms with Crippen molar-refractivity contribution in [3.05, 3.63) is 48.5 Å². The van der Waals surface area contributed by atoms with Crippen molar-refractivity contribution in [2.45, 2.75) is 25.3 Å². The molecule has 1 aliphatic rings. The molecule has 3 aromatic rings. The topological polar surface area (TPSA) is 54.0 Å². The van der Waals surface area contributed by atoms with Crippen molar-refractivity contribution in [2.24, 2.45) is 0 Å². The third-order valence-electron chi connectivity index (χ3n) is 4.32. The summed E-state index contributed by atoms with van der Waals surface area (Å²) in [6.07, 6.45) is 2.75. The van der Waals surface area contributed by atoms with Gasteiger partial charge in [-0.15, -0.1) is 11.3 Å². The van der Waals surface area contributed by atoms with Crippen LogP contribution in [-0.2, 0) is 4.79 Å². The Labute approximate surface area is 144 Å². The smallest absolute Gasteiger partial charge is 0.225 e. The summed E-state index contributed by atoms with van der Waals surface area (Å²) in [5, 5.41) is 7.37. The molecule has 1 saturated heterocycles. The zero-order chi connectivity index (χ0) is 16.4. The van der Waals surface area contributed by atoms with Crippen molar-refractivity contribution in [1.82, 2.24) is 10.3 Å². The first kappa shape index (κ1) is 15.3. The van der Waals surface area contributed by atoms with Crippen LogP contribution in [0.15, 0.2) is 48.5 Å². The summed E-state index contributed by atoms with van der Waals surface area (Å²) >= 11 is 1.65. The molecule has 24 heavy (non-hydrogen) atoms. The number of benzene rings is 2. The van der Waals surface area contributed by atoms with E-state index in [2.05, 4.69) is 16.7 Å². The number of thiazole rings is 1. The summed E-state index contributed by atoms with van der Waals surface area (Å²) in [6.45, 7) is 1.01. The first-order valence-corrected chi connectivity index (χ1v) is 9.09. The molecule has 0 bridgehead atoms. The largest absolute Gasteiger partial charge is 0.325 e. The Kier molecular flexibility index (Phi) is 4.28. The maximum absolute atomic E-state index is 12.4. The predicted octanol–water partition coefficient (Wildman–Crippen LogP) is 4.04. The number of rotatable bonds is 4. The van der Waals surface area contributed by atoms with Crippen LogP contribution in [-0.4, -0.2) is 23.5 Å². The van der Waals surface area contributed by atoms with E-state index >= 15 is 0 Å². The monoisotopic (exact) mass is 337 g/mol. The summed E-state index contributed by atoms with van der Waals surface area (Å²) in [6, 6.07) is 16.3. The Morgan fingerprint density at radius 3 is 2.88 bits per heavy atom. The molecule has 4 nitrogen and oxygen atoms in total. The molecule has 2 heterocycles. The standard InChI is InChI=1S/C19H19N3OS/c23-18(12-13-6-5-11-20-13)21-15-8-2-1-7-14(15)19-22-16-9-3-4-10-17(16)24-19/h1-4,7-10,13,20H,5-6,11-12H2,(H,21,23). The number of para-hydroxylation sites is 2. The Bertz CT molecular complexity index is 835. The van der Waals surface area contributed by atoms with Gasteiger partial charge in [0.05, 0.1) is 15.9 Å². The van der Waals surface area contributed by atoms with Crippen molar-refractivity contribution in [3.8, 4) is 10.6 Å². The lowest BCUT2D eigenvalue weighted by molar-refractivity contribution is -0.116. The number of fused-ring (bicyclic) bond motifs is 1. The first-order chi connectivity index (χ1) is 11.8. The number of hydrogen-bond donors (Lipinski definition) is 2. The fourth-order valence-corrected chi connectivity index (χ4v) is 4.13. The van der Waals surface area contributed by atoms with Gasteiger partial charge in [0.25, 0.3) is 0 Å². The van der Waals surface area contributed by atoms with Crippen LogP contribution in [0.1, 0.15) is 19.3 Å². The van der Waals surface area contributed by atoms with Gasteiger partial charge in [-0.1, -0.05) is 24.3 Å². The van der Waals surface area contributed by atoms with Crippen LogP contribution < -0.4 is 10.6 Å². The number of anilines is 1. The highest BCUT2D eigenvalue weighted by Gasteiger charge is 2.19. The van der Waals surface area contributed by atoms with Gasteiger partial charge in [-0.2, -0.15) is 0 Å².